The largest absolute Gasteiger partial charge is 0.337 e. The summed E-state index contributed by atoms with van der Waals surface area (Å²) in [6.45, 7) is 5.89. The maximum Gasteiger partial charge on any atom is 0.227 e. The zero-order valence-corrected chi connectivity index (χ0v) is 10.7. The fourth-order valence-corrected chi connectivity index (χ4v) is 2.25. The first-order valence-corrected chi connectivity index (χ1v) is 6.08. The molecule has 1 aromatic heterocycles. The molecule has 1 aliphatic rings. The van der Waals surface area contributed by atoms with E-state index in [1.54, 1.807) is 10.9 Å². The van der Waals surface area contributed by atoms with Crippen LogP contribution in [0.3, 0.4) is 0 Å². The summed E-state index contributed by atoms with van der Waals surface area (Å²) < 4.78 is 1.73. The van der Waals surface area contributed by atoms with Crippen LogP contribution in [0.5, 0.6) is 0 Å². The zero-order valence-electron chi connectivity index (χ0n) is 10.7. The standard InChI is InChI=1S/C12H20N4O/c1-9-10(2)16(5-4-13-9)12(17)6-11-7-14-15(3)8-11/h7-10,13H,4-6H2,1-3H3. The van der Waals surface area contributed by atoms with Crippen molar-refractivity contribution in [2.24, 2.45) is 7.05 Å². The number of rotatable bonds is 2. The molecule has 5 heteroatoms. The predicted molar refractivity (Wildman–Crippen MR) is 65.6 cm³/mol. The zero-order chi connectivity index (χ0) is 12.4. The van der Waals surface area contributed by atoms with Gasteiger partial charge in [-0.3, -0.25) is 9.48 Å². The minimum absolute atomic E-state index is 0.193. The van der Waals surface area contributed by atoms with E-state index in [2.05, 4.69) is 24.3 Å². The molecule has 0 saturated carbocycles. The van der Waals surface area contributed by atoms with Crippen molar-refractivity contribution in [3.63, 3.8) is 0 Å². The van der Waals surface area contributed by atoms with E-state index in [-0.39, 0.29) is 11.9 Å². The van der Waals surface area contributed by atoms with Crippen LogP contribution in [-0.2, 0) is 18.3 Å². The molecule has 1 aromatic rings. The van der Waals surface area contributed by atoms with Crippen LogP contribution in [0, 0.1) is 0 Å². The van der Waals surface area contributed by atoms with Crippen molar-refractivity contribution in [1.29, 1.82) is 0 Å². The number of hydrogen-bond donors (Lipinski definition) is 1. The summed E-state index contributed by atoms with van der Waals surface area (Å²) in [5.41, 5.74) is 0.982. The summed E-state index contributed by atoms with van der Waals surface area (Å²) in [7, 11) is 1.86. The van der Waals surface area contributed by atoms with Gasteiger partial charge in [0, 0.05) is 38.4 Å². The Morgan fingerprint density at radius 1 is 1.59 bits per heavy atom. The molecule has 0 aliphatic carbocycles. The van der Waals surface area contributed by atoms with Gasteiger partial charge < -0.3 is 10.2 Å². The number of aryl methyl sites for hydroxylation is 1. The maximum absolute atomic E-state index is 12.2. The summed E-state index contributed by atoms with van der Waals surface area (Å²) in [4.78, 5) is 14.2. The molecule has 0 bridgehead atoms. The molecule has 2 heterocycles. The van der Waals surface area contributed by atoms with E-state index >= 15 is 0 Å². The third kappa shape index (κ3) is 2.66. The second-order valence-corrected chi connectivity index (χ2v) is 4.77. The molecule has 2 atom stereocenters. The number of amides is 1. The molecule has 0 spiro atoms. The third-order valence-corrected chi connectivity index (χ3v) is 3.47. The molecule has 2 unspecified atom stereocenters. The lowest BCUT2D eigenvalue weighted by atomic mass is 10.1. The number of nitrogens with zero attached hydrogens (tertiary/aromatic N) is 3. The van der Waals surface area contributed by atoms with E-state index in [4.69, 9.17) is 0 Å². The highest BCUT2D eigenvalue weighted by molar-refractivity contribution is 5.79. The first-order valence-electron chi connectivity index (χ1n) is 6.08. The summed E-state index contributed by atoms with van der Waals surface area (Å²) in [6, 6.07) is 0.620. The fourth-order valence-electron chi connectivity index (χ4n) is 2.25. The Morgan fingerprint density at radius 2 is 2.35 bits per heavy atom. The summed E-state index contributed by atoms with van der Waals surface area (Å²) in [5.74, 6) is 0.193. The smallest absolute Gasteiger partial charge is 0.227 e. The second kappa shape index (κ2) is 4.87. The average Bonchev–Trinajstić information content (AvgIpc) is 2.68. The first-order chi connectivity index (χ1) is 8.08. The van der Waals surface area contributed by atoms with E-state index < -0.39 is 0 Å². The second-order valence-electron chi connectivity index (χ2n) is 4.77. The Kier molecular flexibility index (Phi) is 3.47. The number of hydrogen-bond acceptors (Lipinski definition) is 3. The van der Waals surface area contributed by atoms with Gasteiger partial charge >= 0.3 is 0 Å². The quantitative estimate of drug-likeness (QED) is 0.796. The summed E-state index contributed by atoms with van der Waals surface area (Å²) >= 11 is 0. The van der Waals surface area contributed by atoms with E-state index in [1.807, 2.05) is 18.1 Å². The van der Waals surface area contributed by atoms with Gasteiger partial charge in [-0.15, -0.1) is 0 Å². The van der Waals surface area contributed by atoms with E-state index in [1.165, 1.54) is 0 Å². The molecule has 17 heavy (non-hydrogen) atoms. The SMILES string of the molecule is CC1NCCN(C(=O)Cc2cnn(C)c2)C1C. The normalized spacial score (nSPS) is 25.0. The molecule has 1 fully saturated rings. The molecule has 5 nitrogen and oxygen atoms in total. The highest BCUT2D eigenvalue weighted by Gasteiger charge is 2.27. The molecular formula is C12H20N4O. The van der Waals surface area contributed by atoms with Gasteiger partial charge in [0.1, 0.15) is 0 Å². The molecular weight excluding hydrogens is 216 g/mol. The van der Waals surface area contributed by atoms with Crippen LogP contribution in [0.1, 0.15) is 19.4 Å². The van der Waals surface area contributed by atoms with Gasteiger partial charge in [0.15, 0.2) is 0 Å². The number of piperazine rings is 1. The van der Waals surface area contributed by atoms with Crippen molar-refractivity contribution < 1.29 is 4.79 Å². The average molecular weight is 236 g/mol. The van der Waals surface area contributed by atoms with Crippen LogP contribution in [0.25, 0.3) is 0 Å². The highest BCUT2D eigenvalue weighted by atomic mass is 16.2. The Balaban J connectivity index is 1.99. The van der Waals surface area contributed by atoms with Gasteiger partial charge in [0.05, 0.1) is 12.6 Å². The highest BCUT2D eigenvalue weighted by Crippen LogP contribution is 2.11. The van der Waals surface area contributed by atoms with Crippen molar-refractivity contribution in [2.45, 2.75) is 32.4 Å². The number of carbonyl (C=O) groups excluding carboxylic acids is 1. The molecule has 1 aliphatic heterocycles. The molecule has 0 radical (unpaired) electrons. The van der Waals surface area contributed by atoms with Crippen molar-refractivity contribution in [3.8, 4) is 0 Å². The van der Waals surface area contributed by atoms with Crippen molar-refractivity contribution >= 4 is 5.91 Å². The predicted octanol–water partition coefficient (Wildman–Crippen LogP) is 0.171. The van der Waals surface area contributed by atoms with Crippen molar-refractivity contribution in [2.75, 3.05) is 13.1 Å². The third-order valence-electron chi connectivity index (χ3n) is 3.47. The molecule has 94 valence electrons. The van der Waals surface area contributed by atoms with Gasteiger partial charge in [0.25, 0.3) is 0 Å². The van der Waals surface area contributed by atoms with Crippen LogP contribution in [0.4, 0.5) is 0 Å². The van der Waals surface area contributed by atoms with Crippen molar-refractivity contribution in [1.82, 2.24) is 20.0 Å². The van der Waals surface area contributed by atoms with Gasteiger partial charge in [0.2, 0.25) is 5.91 Å². The van der Waals surface area contributed by atoms with Gasteiger partial charge in [-0.25, -0.2) is 0 Å². The Morgan fingerprint density at radius 3 is 3.00 bits per heavy atom. The van der Waals surface area contributed by atoms with E-state index in [9.17, 15) is 4.79 Å². The number of nitrogens with one attached hydrogen (secondary N) is 1. The molecule has 1 N–H and O–H groups in total. The summed E-state index contributed by atoms with van der Waals surface area (Å²) in [6.07, 6.45) is 4.10. The van der Waals surface area contributed by atoms with Crippen LogP contribution in [-0.4, -0.2) is 45.8 Å². The molecule has 1 amide bonds. The Hall–Kier alpha value is -1.36. The molecule has 2 rings (SSSR count). The Labute approximate surface area is 102 Å². The summed E-state index contributed by atoms with van der Waals surface area (Å²) in [5, 5.41) is 7.46. The van der Waals surface area contributed by atoms with Gasteiger partial charge in [-0.1, -0.05) is 0 Å². The Bertz CT molecular complexity index is 401. The topological polar surface area (TPSA) is 50.2 Å². The van der Waals surface area contributed by atoms with Crippen LogP contribution < -0.4 is 5.32 Å². The fraction of sp³-hybridized carbons (Fsp3) is 0.667. The van der Waals surface area contributed by atoms with E-state index in [0.717, 1.165) is 18.7 Å². The lowest BCUT2D eigenvalue weighted by Gasteiger charge is -2.38. The van der Waals surface area contributed by atoms with Crippen LogP contribution >= 0.6 is 0 Å². The maximum atomic E-state index is 12.2. The minimum Gasteiger partial charge on any atom is -0.337 e. The van der Waals surface area contributed by atoms with Gasteiger partial charge in [-0.2, -0.15) is 5.10 Å². The van der Waals surface area contributed by atoms with Gasteiger partial charge in [-0.05, 0) is 19.4 Å². The first kappa shape index (κ1) is 12.1. The van der Waals surface area contributed by atoms with Crippen LogP contribution in [0.15, 0.2) is 12.4 Å². The van der Waals surface area contributed by atoms with E-state index in [0.29, 0.717) is 12.5 Å². The monoisotopic (exact) mass is 236 g/mol. The minimum atomic E-state index is 0.193. The molecule has 1 saturated heterocycles. The lowest BCUT2D eigenvalue weighted by molar-refractivity contribution is -0.134. The van der Waals surface area contributed by atoms with Crippen molar-refractivity contribution in [3.05, 3.63) is 18.0 Å². The van der Waals surface area contributed by atoms with Crippen LogP contribution in [0.2, 0.25) is 0 Å². The number of aromatic nitrogens is 2. The number of carbonyl (C=O) groups is 1. The molecule has 0 aromatic carbocycles. The lowest BCUT2D eigenvalue weighted by Crippen LogP contribution is -2.57.